The predicted octanol–water partition coefficient (Wildman–Crippen LogP) is 0.432. The molecule has 0 spiro atoms. The van der Waals surface area contributed by atoms with Crippen LogP contribution >= 0.6 is 0 Å². The molecule has 0 bridgehead atoms. The highest BCUT2D eigenvalue weighted by atomic mass is 19.1. The third kappa shape index (κ3) is 2.20. The fraction of sp³-hybridized carbons (Fsp3) is 0.250. The average molecular weight is 216 g/mol. The number of nitrogens with two attached hydrogens (primary N) is 1. The fourth-order valence-electron chi connectivity index (χ4n) is 1.09. The summed E-state index contributed by atoms with van der Waals surface area (Å²) in [7, 11) is 0. The van der Waals surface area contributed by atoms with E-state index >= 15 is 0 Å². The summed E-state index contributed by atoms with van der Waals surface area (Å²) in [6.07, 6.45) is 0. The first-order valence-electron chi connectivity index (χ1n) is 4.00. The number of aliphatic hydroxyl groups is 1. The van der Waals surface area contributed by atoms with Gasteiger partial charge in [-0.05, 0) is 0 Å². The van der Waals surface area contributed by atoms with Crippen molar-refractivity contribution in [3.05, 3.63) is 33.6 Å². The summed E-state index contributed by atoms with van der Waals surface area (Å²) in [5, 5.41) is 28.3. The maximum absolute atomic E-state index is 13.0. The maximum atomic E-state index is 13.0. The van der Waals surface area contributed by atoms with Crippen LogP contribution in [0, 0.1) is 15.9 Å². The number of hydrogen-bond donors (Lipinski definition) is 3. The summed E-state index contributed by atoms with van der Waals surface area (Å²) in [5.74, 6) is -1.91. The van der Waals surface area contributed by atoms with Gasteiger partial charge < -0.3 is 15.9 Å². The quantitative estimate of drug-likeness (QED) is 0.501. The topological polar surface area (TPSA) is 110 Å². The Morgan fingerprint density at radius 2 is 2.20 bits per heavy atom. The molecule has 0 heterocycles. The highest BCUT2D eigenvalue weighted by Gasteiger charge is 2.19. The van der Waals surface area contributed by atoms with Crippen molar-refractivity contribution < 1.29 is 19.5 Å². The first-order chi connectivity index (χ1) is 6.97. The van der Waals surface area contributed by atoms with Gasteiger partial charge in [0.1, 0.15) is 0 Å². The number of aliphatic hydroxyl groups excluding tert-OH is 1. The molecule has 1 unspecified atom stereocenters. The predicted molar refractivity (Wildman–Crippen MR) is 48.7 cm³/mol. The molecule has 0 radical (unpaired) electrons. The van der Waals surface area contributed by atoms with E-state index in [4.69, 9.17) is 10.8 Å². The molecule has 0 aliphatic rings. The highest BCUT2D eigenvalue weighted by molar-refractivity contribution is 5.45. The molecule has 15 heavy (non-hydrogen) atoms. The number of nitro benzene ring substituents is 1. The number of hydrogen-bond acceptors (Lipinski definition) is 5. The van der Waals surface area contributed by atoms with Crippen molar-refractivity contribution in [3.8, 4) is 5.75 Å². The van der Waals surface area contributed by atoms with Crippen LogP contribution in [0.25, 0.3) is 0 Å². The number of nitrogens with zero attached hydrogens (tertiary/aromatic N) is 1. The minimum Gasteiger partial charge on any atom is -0.505 e. The Morgan fingerprint density at radius 3 is 2.67 bits per heavy atom. The van der Waals surface area contributed by atoms with Crippen molar-refractivity contribution >= 4 is 5.69 Å². The van der Waals surface area contributed by atoms with E-state index in [0.717, 1.165) is 6.07 Å². The number of phenols is 1. The molecule has 0 fully saturated rings. The molecule has 0 saturated carbocycles. The summed E-state index contributed by atoms with van der Waals surface area (Å²) < 4.78 is 13.0. The van der Waals surface area contributed by atoms with Gasteiger partial charge >= 0.3 is 0 Å². The lowest BCUT2D eigenvalue weighted by Gasteiger charge is -2.10. The minimum absolute atomic E-state index is 0.191. The number of aromatic hydroxyl groups is 1. The van der Waals surface area contributed by atoms with E-state index in [1.165, 1.54) is 0 Å². The van der Waals surface area contributed by atoms with Gasteiger partial charge in [0.15, 0.2) is 11.6 Å². The van der Waals surface area contributed by atoms with Crippen LogP contribution in [-0.4, -0.2) is 21.7 Å². The summed E-state index contributed by atoms with van der Waals surface area (Å²) in [5.41, 5.74) is 4.62. The number of rotatable bonds is 3. The smallest absolute Gasteiger partial charge is 0.272 e. The largest absolute Gasteiger partial charge is 0.505 e. The highest BCUT2D eigenvalue weighted by Crippen LogP contribution is 2.30. The number of non-ortho nitro benzene ring substituents is 1. The lowest BCUT2D eigenvalue weighted by Crippen LogP contribution is -2.15. The molecule has 1 aromatic rings. The molecule has 0 aromatic heterocycles. The number of benzene rings is 1. The van der Waals surface area contributed by atoms with Gasteiger partial charge in [0, 0.05) is 11.6 Å². The monoisotopic (exact) mass is 216 g/mol. The Morgan fingerprint density at radius 1 is 1.60 bits per heavy atom. The normalized spacial score (nSPS) is 12.5. The van der Waals surface area contributed by atoms with Crippen LogP contribution in [0.1, 0.15) is 11.6 Å². The van der Waals surface area contributed by atoms with Gasteiger partial charge in [-0.2, -0.15) is 0 Å². The molecular formula is C8H9FN2O4. The van der Waals surface area contributed by atoms with Crippen LogP contribution in [0.3, 0.4) is 0 Å². The second-order valence-electron chi connectivity index (χ2n) is 2.91. The molecule has 4 N–H and O–H groups in total. The van der Waals surface area contributed by atoms with E-state index in [-0.39, 0.29) is 5.56 Å². The number of halogens is 1. The van der Waals surface area contributed by atoms with Crippen molar-refractivity contribution in [2.45, 2.75) is 6.04 Å². The molecule has 1 atom stereocenters. The minimum atomic E-state index is -1.14. The van der Waals surface area contributed by atoms with E-state index in [1.807, 2.05) is 0 Å². The molecule has 1 rings (SSSR count). The third-order valence-corrected chi connectivity index (χ3v) is 1.88. The van der Waals surface area contributed by atoms with Crippen LogP contribution in [0.2, 0.25) is 0 Å². The molecule has 0 aliphatic heterocycles. The van der Waals surface area contributed by atoms with E-state index < -0.39 is 34.8 Å². The Hall–Kier alpha value is -1.73. The molecule has 0 amide bonds. The Labute approximate surface area is 83.9 Å². The van der Waals surface area contributed by atoms with Gasteiger partial charge in [-0.15, -0.1) is 0 Å². The zero-order valence-corrected chi connectivity index (χ0v) is 7.55. The van der Waals surface area contributed by atoms with Gasteiger partial charge in [0.2, 0.25) is 0 Å². The average Bonchev–Trinajstić information content (AvgIpc) is 2.20. The van der Waals surface area contributed by atoms with Gasteiger partial charge in [0.05, 0.1) is 23.6 Å². The summed E-state index contributed by atoms with van der Waals surface area (Å²) >= 11 is 0. The van der Waals surface area contributed by atoms with Crippen molar-refractivity contribution in [1.82, 2.24) is 0 Å². The second-order valence-corrected chi connectivity index (χ2v) is 2.91. The molecule has 0 saturated heterocycles. The van der Waals surface area contributed by atoms with E-state index in [2.05, 4.69) is 0 Å². The molecule has 0 aliphatic carbocycles. The SMILES string of the molecule is NC(CO)c1cc([N+](=O)[O-])cc(F)c1O. The lowest BCUT2D eigenvalue weighted by atomic mass is 10.1. The maximum Gasteiger partial charge on any atom is 0.272 e. The van der Waals surface area contributed by atoms with E-state index in [0.29, 0.717) is 6.07 Å². The third-order valence-electron chi connectivity index (χ3n) is 1.88. The van der Waals surface area contributed by atoms with Crippen LogP contribution < -0.4 is 5.73 Å². The van der Waals surface area contributed by atoms with Gasteiger partial charge in [-0.25, -0.2) is 4.39 Å². The summed E-state index contributed by atoms with van der Waals surface area (Å²) in [6.45, 7) is -0.547. The van der Waals surface area contributed by atoms with Crippen LogP contribution in [0.15, 0.2) is 12.1 Å². The summed E-state index contributed by atoms with van der Waals surface area (Å²) in [4.78, 5) is 9.57. The zero-order valence-electron chi connectivity index (χ0n) is 7.55. The Kier molecular flexibility index (Phi) is 3.17. The van der Waals surface area contributed by atoms with Crippen molar-refractivity contribution in [2.24, 2.45) is 5.73 Å². The van der Waals surface area contributed by atoms with Gasteiger partial charge in [0.25, 0.3) is 5.69 Å². The number of phenolic OH excluding ortho intramolecular Hbond substituents is 1. The first kappa shape index (κ1) is 11.3. The fourth-order valence-corrected chi connectivity index (χ4v) is 1.09. The van der Waals surface area contributed by atoms with Crippen LogP contribution in [0.4, 0.5) is 10.1 Å². The van der Waals surface area contributed by atoms with Crippen molar-refractivity contribution in [2.75, 3.05) is 6.61 Å². The lowest BCUT2D eigenvalue weighted by molar-refractivity contribution is -0.385. The van der Waals surface area contributed by atoms with Crippen LogP contribution in [-0.2, 0) is 0 Å². The van der Waals surface area contributed by atoms with Gasteiger partial charge in [-0.3, -0.25) is 10.1 Å². The Balaban J connectivity index is 3.31. The van der Waals surface area contributed by atoms with Crippen molar-refractivity contribution in [1.29, 1.82) is 0 Å². The standard InChI is InChI=1S/C8H9FN2O4/c9-6-2-4(11(14)15)1-5(8(6)13)7(10)3-12/h1-2,7,12-13H,3,10H2. The molecule has 7 heteroatoms. The molecule has 6 nitrogen and oxygen atoms in total. The second kappa shape index (κ2) is 4.20. The molecular weight excluding hydrogens is 207 g/mol. The number of nitro groups is 1. The first-order valence-corrected chi connectivity index (χ1v) is 4.00. The molecule has 82 valence electrons. The zero-order chi connectivity index (χ0) is 11.6. The van der Waals surface area contributed by atoms with Crippen LogP contribution in [0.5, 0.6) is 5.75 Å². The Bertz CT molecular complexity index is 396. The van der Waals surface area contributed by atoms with Gasteiger partial charge in [-0.1, -0.05) is 0 Å². The molecule has 1 aromatic carbocycles. The van der Waals surface area contributed by atoms with Crippen molar-refractivity contribution in [3.63, 3.8) is 0 Å². The van der Waals surface area contributed by atoms with E-state index in [1.54, 1.807) is 0 Å². The van der Waals surface area contributed by atoms with E-state index in [9.17, 15) is 19.6 Å². The summed E-state index contributed by atoms with van der Waals surface area (Å²) in [6, 6.07) is 0.460.